The van der Waals surface area contributed by atoms with E-state index in [0.717, 1.165) is 38.5 Å². The fraction of sp³-hybridized carbons (Fsp3) is 0.862. The van der Waals surface area contributed by atoms with E-state index in [1.807, 2.05) is 0 Å². The number of esters is 3. The summed E-state index contributed by atoms with van der Waals surface area (Å²) in [7, 11) is 1.41. The van der Waals surface area contributed by atoms with E-state index in [0.29, 0.717) is 25.0 Å². The van der Waals surface area contributed by atoms with Crippen LogP contribution >= 0.6 is 0 Å². The SMILES string of the molecule is COC(=O)CCC(C)C1CCC2C3C(CC(=O)C12C)C1(C)CCC(OC(C)=O)CC1C[C@@H]3OC(C)=O. The molecule has 0 bridgehead atoms. The average molecular weight is 505 g/mol. The Morgan fingerprint density at radius 3 is 2.33 bits per heavy atom. The molecule has 9 unspecified atom stereocenters. The third-order valence-corrected chi connectivity index (χ3v) is 10.9. The van der Waals surface area contributed by atoms with Crippen LogP contribution in [0.1, 0.15) is 92.4 Å². The van der Waals surface area contributed by atoms with Crippen LogP contribution in [0.3, 0.4) is 0 Å². The van der Waals surface area contributed by atoms with E-state index in [9.17, 15) is 19.2 Å². The Morgan fingerprint density at radius 1 is 1.00 bits per heavy atom. The predicted octanol–water partition coefficient (Wildman–Crippen LogP) is 4.89. The summed E-state index contributed by atoms with van der Waals surface area (Å²) in [5.41, 5.74) is -0.503. The minimum atomic E-state index is -0.465. The Morgan fingerprint density at radius 2 is 1.69 bits per heavy atom. The number of methoxy groups -OCH3 is 1. The monoisotopic (exact) mass is 504 g/mol. The fourth-order valence-corrected chi connectivity index (χ4v) is 9.14. The molecule has 0 aliphatic heterocycles. The quantitative estimate of drug-likeness (QED) is 0.375. The van der Waals surface area contributed by atoms with Gasteiger partial charge in [-0.3, -0.25) is 19.2 Å². The van der Waals surface area contributed by atoms with Crippen molar-refractivity contribution >= 4 is 23.7 Å². The number of Topliss-reactive ketones (excluding diaryl/α,β-unsaturated/α-hetero) is 1. The van der Waals surface area contributed by atoms with Gasteiger partial charge < -0.3 is 14.2 Å². The maximum atomic E-state index is 14.0. The van der Waals surface area contributed by atoms with Crippen molar-refractivity contribution in [3.8, 4) is 0 Å². The van der Waals surface area contributed by atoms with Gasteiger partial charge >= 0.3 is 17.9 Å². The first-order valence-corrected chi connectivity index (χ1v) is 13.9. The van der Waals surface area contributed by atoms with Gasteiger partial charge in [0, 0.05) is 38.0 Å². The summed E-state index contributed by atoms with van der Waals surface area (Å²) >= 11 is 0. The van der Waals surface area contributed by atoms with E-state index < -0.39 is 5.41 Å². The molecule has 7 heteroatoms. The lowest BCUT2D eigenvalue weighted by Crippen LogP contribution is -2.62. The number of hydrogen-bond acceptors (Lipinski definition) is 7. The van der Waals surface area contributed by atoms with Crippen molar-refractivity contribution in [1.29, 1.82) is 0 Å². The average Bonchev–Trinajstić information content (AvgIpc) is 3.16. The fourth-order valence-electron chi connectivity index (χ4n) is 9.14. The maximum absolute atomic E-state index is 14.0. The molecular weight excluding hydrogens is 460 g/mol. The maximum Gasteiger partial charge on any atom is 0.305 e. The summed E-state index contributed by atoms with van der Waals surface area (Å²) in [6.45, 7) is 9.57. The second-order valence-corrected chi connectivity index (χ2v) is 12.6. The van der Waals surface area contributed by atoms with Crippen LogP contribution in [0, 0.1) is 46.3 Å². The highest BCUT2D eigenvalue weighted by Gasteiger charge is 2.66. The van der Waals surface area contributed by atoms with Crippen LogP contribution in [-0.2, 0) is 33.4 Å². The molecule has 10 atom stereocenters. The van der Waals surface area contributed by atoms with Crippen LogP contribution in [0.15, 0.2) is 0 Å². The molecule has 0 heterocycles. The molecule has 4 aliphatic rings. The lowest BCUT2D eigenvalue weighted by Gasteiger charge is -2.62. The Bertz CT molecular complexity index is 898. The van der Waals surface area contributed by atoms with E-state index in [1.54, 1.807) is 0 Å². The van der Waals surface area contributed by atoms with Gasteiger partial charge in [-0.25, -0.2) is 0 Å². The molecule has 0 aromatic rings. The number of fused-ring (bicyclic) bond motifs is 5. The topological polar surface area (TPSA) is 96.0 Å². The standard InChI is InChI=1S/C29H44O7/c1-16(7-10-26(33)34-6)21-8-9-22-27-23(15-25(32)29(21,22)5)28(4)12-11-20(35-17(2)30)13-19(28)14-24(27)36-18(3)31/h16,19-24,27H,7-15H2,1-6H3/t16?,19?,20?,21?,22?,23?,24-,27?,28?,29?/m0/s1. The zero-order valence-electron chi connectivity index (χ0n) is 22.8. The van der Waals surface area contributed by atoms with E-state index in [1.165, 1.54) is 21.0 Å². The smallest absolute Gasteiger partial charge is 0.305 e. The number of ether oxygens (including phenoxy) is 3. The highest BCUT2D eigenvalue weighted by Crippen LogP contribution is 2.67. The van der Waals surface area contributed by atoms with Crippen LogP contribution in [0.4, 0.5) is 0 Å². The molecule has 0 amide bonds. The normalized spacial score (nSPS) is 42.4. The summed E-state index contributed by atoms with van der Waals surface area (Å²) in [5, 5.41) is 0. The summed E-state index contributed by atoms with van der Waals surface area (Å²) in [5.74, 6) is 0.785. The van der Waals surface area contributed by atoms with Crippen molar-refractivity contribution in [2.24, 2.45) is 46.3 Å². The lowest BCUT2D eigenvalue weighted by molar-refractivity contribution is -0.196. The Kier molecular flexibility index (Phi) is 7.60. The van der Waals surface area contributed by atoms with Crippen molar-refractivity contribution in [3.05, 3.63) is 0 Å². The van der Waals surface area contributed by atoms with Gasteiger partial charge in [-0.15, -0.1) is 0 Å². The minimum absolute atomic E-state index is 0.0382. The summed E-state index contributed by atoms with van der Waals surface area (Å²) in [6, 6.07) is 0. The molecule has 0 saturated heterocycles. The molecule has 0 radical (unpaired) electrons. The molecule has 4 rings (SSSR count). The van der Waals surface area contributed by atoms with Gasteiger partial charge in [0.15, 0.2) is 0 Å². The highest BCUT2D eigenvalue weighted by molar-refractivity contribution is 5.87. The third kappa shape index (κ3) is 4.60. The molecule has 0 aromatic carbocycles. The molecule has 0 spiro atoms. The molecule has 4 fully saturated rings. The van der Waals surface area contributed by atoms with Crippen molar-refractivity contribution in [1.82, 2.24) is 0 Å². The molecule has 4 saturated carbocycles. The second kappa shape index (κ2) is 10.1. The number of ketones is 1. The summed E-state index contributed by atoms with van der Waals surface area (Å²) < 4.78 is 16.5. The van der Waals surface area contributed by atoms with Crippen molar-refractivity contribution in [2.45, 2.75) is 105 Å². The molecule has 0 aromatic heterocycles. The number of rotatable bonds is 6. The number of hydrogen-bond donors (Lipinski definition) is 0. The molecule has 7 nitrogen and oxygen atoms in total. The summed E-state index contributed by atoms with van der Waals surface area (Å²) in [4.78, 5) is 49.7. The van der Waals surface area contributed by atoms with Crippen molar-refractivity contribution < 1.29 is 33.4 Å². The Balaban J connectivity index is 1.62. The first-order chi connectivity index (χ1) is 16.9. The first kappa shape index (κ1) is 27.1. The lowest BCUT2D eigenvalue weighted by atomic mass is 9.43. The van der Waals surface area contributed by atoms with Crippen LogP contribution in [0.2, 0.25) is 0 Å². The number of carbonyl (C=O) groups excluding carboxylic acids is 4. The van der Waals surface area contributed by atoms with Gasteiger partial charge in [0.2, 0.25) is 0 Å². The highest BCUT2D eigenvalue weighted by atomic mass is 16.5. The number of carbonyl (C=O) groups is 4. The van der Waals surface area contributed by atoms with Crippen molar-refractivity contribution in [2.75, 3.05) is 7.11 Å². The largest absolute Gasteiger partial charge is 0.469 e. The minimum Gasteiger partial charge on any atom is -0.469 e. The second-order valence-electron chi connectivity index (χ2n) is 12.6. The predicted molar refractivity (Wildman–Crippen MR) is 133 cm³/mol. The summed E-state index contributed by atoms with van der Waals surface area (Å²) in [6.07, 6.45) is 6.44. The van der Waals surface area contributed by atoms with E-state index >= 15 is 0 Å². The van der Waals surface area contributed by atoms with Crippen LogP contribution in [0.5, 0.6) is 0 Å². The van der Waals surface area contributed by atoms with Gasteiger partial charge in [-0.1, -0.05) is 20.8 Å². The van der Waals surface area contributed by atoms with Gasteiger partial charge in [-0.2, -0.15) is 0 Å². The van der Waals surface area contributed by atoms with Gasteiger partial charge in [0.25, 0.3) is 0 Å². The van der Waals surface area contributed by atoms with Crippen LogP contribution < -0.4 is 0 Å². The third-order valence-electron chi connectivity index (χ3n) is 10.9. The van der Waals surface area contributed by atoms with E-state index in [-0.39, 0.29) is 71.0 Å². The van der Waals surface area contributed by atoms with Gasteiger partial charge in [0.1, 0.15) is 18.0 Å². The van der Waals surface area contributed by atoms with Gasteiger partial charge in [-0.05, 0) is 80.0 Å². The van der Waals surface area contributed by atoms with E-state index in [4.69, 9.17) is 14.2 Å². The zero-order valence-corrected chi connectivity index (χ0v) is 22.8. The van der Waals surface area contributed by atoms with Gasteiger partial charge in [0.05, 0.1) is 7.11 Å². The molecular formula is C29H44O7. The zero-order chi connectivity index (χ0) is 26.4. The molecule has 0 N–H and O–H groups in total. The Hall–Kier alpha value is -1.92. The molecule has 36 heavy (non-hydrogen) atoms. The Labute approximate surface area is 215 Å². The van der Waals surface area contributed by atoms with Crippen molar-refractivity contribution in [3.63, 3.8) is 0 Å². The van der Waals surface area contributed by atoms with Crippen LogP contribution in [0.25, 0.3) is 0 Å². The molecule has 202 valence electrons. The van der Waals surface area contributed by atoms with Crippen LogP contribution in [-0.4, -0.2) is 43.0 Å². The van der Waals surface area contributed by atoms with E-state index in [2.05, 4.69) is 20.8 Å². The molecule has 4 aliphatic carbocycles. The first-order valence-electron chi connectivity index (χ1n) is 13.9.